The molecule has 21 heavy (non-hydrogen) atoms. The van der Waals surface area contributed by atoms with Gasteiger partial charge < -0.3 is 0 Å². The Labute approximate surface area is 125 Å². The topological polar surface area (TPSA) is 57.7 Å². The van der Waals surface area contributed by atoms with Crippen LogP contribution in [-0.4, -0.2) is 37.7 Å². The molecule has 0 aromatic carbocycles. The summed E-state index contributed by atoms with van der Waals surface area (Å²) in [6, 6.07) is 4.82. The van der Waals surface area contributed by atoms with Crippen LogP contribution >= 0.6 is 0 Å². The fourth-order valence-electron chi connectivity index (χ4n) is 3.13. The third-order valence-corrected chi connectivity index (χ3v) is 4.15. The molecular weight excluding hydrogens is 262 g/mol. The van der Waals surface area contributed by atoms with E-state index in [9.17, 15) is 0 Å². The quantitative estimate of drug-likeness (QED) is 0.941. The molecule has 3 rings (SSSR count). The molecule has 1 aliphatic heterocycles. The minimum absolute atomic E-state index is 0.334. The van der Waals surface area contributed by atoms with Gasteiger partial charge in [0.15, 0.2) is 0 Å². The molecule has 2 aromatic rings. The number of nitrogens with one attached hydrogen (secondary N) is 1. The van der Waals surface area contributed by atoms with Gasteiger partial charge in [-0.3, -0.25) is 10.00 Å². The largest absolute Gasteiger partial charge is 0.291 e. The fourth-order valence-corrected chi connectivity index (χ4v) is 3.13. The van der Waals surface area contributed by atoms with E-state index in [1.54, 1.807) is 6.20 Å². The molecule has 0 aliphatic carbocycles. The summed E-state index contributed by atoms with van der Waals surface area (Å²) in [7, 11) is 0. The average molecular weight is 285 g/mol. The highest BCUT2D eigenvalue weighted by atomic mass is 15.2. The van der Waals surface area contributed by atoms with E-state index in [0.29, 0.717) is 12.1 Å². The standard InChI is InChI=1S/C16H23N5/c1-11(2)21-9-5-4-6-15(21)16-18-12(3)10-14(19-16)13-7-8-17-20-13/h7-8,10-11,15H,4-6,9H2,1-3H3,(H,17,20). The summed E-state index contributed by atoms with van der Waals surface area (Å²) in [6.07, 6.45) is 5.43. The Bertz CT molecular complexity index is 591. The zero-order chi connectivity index (χ0) is 14.8. The Hall–Kier alpha value is -1.75. The van der Waals surface area contributed by atoms with Gasteiger partial charge in [0.05, 0.1) is 17.4 Å². The summed E-state index contributed by atoms with van der Waals surface area (Å²) in [5.41, 5.74) is 2.90. The molecule has 5 heteroatoms. The normalized spacial score (nSPS) is 20.1. The van der Waals surface area contributed by atoms with Crippen LogP contribution in [-0.2, 0) is 0 Å². The lowest BCUT2D eigenvalue weighted by atomic mass is 9.99. The summed E-state index contributed by atoms with van der Waals surface area (Å²) < 4.78 is 0. The number of hydrogen-bond donors (Lipinski definition) is 1. The van der Waals surface area contributed by atoms with E-state index in [4.69, 9.17) is 9.97 Å². The monoisotopic (exact) mass is 285 g/mol. The van der Waals surface area contributed by atoms with Crippen molar-refractivity contribution in [1.29, 1.82) is 0 Å². The first-order valence-corrected chi connectivity index (χ1v) is 7.76. The zero-order valence-corrected chi connectivity index (χ0v) is 13.0. The molecule has 5 nitrogen and oxygen atoms in total. The number of likely N-dealkylation sites (tertiary alicyclic amines) is 1. The van der Waals surface area contributed by atoms with Gasteiger partial charge in [-0.1, -0.05) is 6.42 Å². The highest BCUT2D eigenvalue weighted by molar-refractivity contribution is 5.53. The first-order valence-electron chi connectivity index (χ1n) is 7.76. The van der Waals surface area contributed by atoms with E-state index in [0.717, 1.165) is 35.9 Å². The van der Waals surface area contributed by atoms with Crippen molar-refractivity contribution in [3.05, 3.63) is 29.8 Å². The maximum absolute atomic E-state index is 4.81. The summed E-state index contributed by atoms with van der Waals surface area (Å²) >= 11 is 0. The Morgan fingerprint density at radius 1 is 1.29 bits per heavy atom. The van der Waals surface area contributed by atoms with Crippen LogP contribution < -0.4 is 0 Å². The van der Waals surface area contributed by atoms with Crippen LogP contribution in [0.15, 0.2) is 18.3 Å². The van der Waals surface area contributed by atoms with Crippen molar-refractivity contribution >= 4 is 0 Å². The molecule has 3 heterocycles. The van der Waals surface area contributed by atoms with Crippen molar-refractivity contribution in [2.75, 3.05) is 6.54 Å². The predicted molar refractivity (Wildman–Crippen MR) is 82.8 cm³/mol. The molecule has 0 amide bonds. The van der Waals surface area contributed by atoms with Crippen LogP contribution in [0, 0.1) is 6.92 Å². The molecule has 1 unspecified atom stereocenters. The van der Waals surface area contributed by atoms with Crippen LogP contribution in [0.3, 0.4) is 0 Å². The van der Waals surface area contributed by atoms with Crippen LogP contribution in [0.2, 0.25) is 0 Å². The van der Waals surface area contributed by atoms with Crippen LogP contribution in [0.5, 0.6) is 0 Å². The SMILES string of the molecule is Cc1cc(-c2ccn[nH]2)nc(C2CCCCN2C(C)C)n1. The minimum Gasteiger partial charge on any atom is -0.291 e. The third kappa shape index (κ3) is 2.97. The number of piperidine rings is 1. The molecule has 1 saturated heterocycles. The van der Waals surface area contributed by atoms with Crippen LogP contribution in [0.25, 0.3) is 11.4 Å². The van der Waals surface area contributed by atoms with E-state index in [-0.39, 0.29) is 0 Å². The van der Waals surface area contributed by atoms with E-state index in [1.165, 1.54) is 12.8 Å². The number of aromatic nitrogens is 4. The van der Waals surface area contributed by atoms with Gasteiger partial charge in [-0.15, -0.1) is 0 Å². The number of rotatable bonds is 3. The Balaban J connectivity index is 1.97. The second-order valence-electron chi connectivity index (χ2n) is 6.07. The summed E-state index contributed by atoms with van der Waals surface area (Å²) in [6.45, 7) is 7.68. The lowest BCUT2D eigenvalue weighted by molar-refractivity contribution is 0.106. The number of H-pyrrole nitrogens is 1. The molecule has 1 fully saturated rings. The van der Waals surface area contributed by atoms with Gasteiger partial charge in [0.1, 0.15) is 5.82 Å². The Morgan fingerprint density at radius 2 is 2.14 bits per heavy atom. The van der Waals surface area contributed by atoms with E-state index < -0.39 is 0 Å². The highest BCUT2D eigenvalue weighted by Gasteiger charge is 2.28. The predicted octanol–water partition coefficient (Wildman–Crippen LogP) is 3.11. The first kappa shape index (κ1) is 14.2. The lowest BCUT2D eigenvalue weighted by Crippen LogP contribution is -2.39. The second kappa shape index (κ2) is 5.93. The molecule has 1 aliphatic rings. The summed E-state index contributed by atoms with van der Waals surface area (Å²) in [5, 5.41) is 7.01. The fraction of sp³-hybridized carbons (Fsp3) is 0.562. The van der Waals surface area contributed by atoms with Crippen molar-refractivity contribution in [3.63, 3.8) is 0 Å². The van der Waals surface area contributed by atoms with E-state index >= 15 is 0 Å². The third-order valence-electron chi connectivity index (χ3n) is 4.15. The van der Waals surface area contributed by atoms with Gasteiger partial charge in [-0.2, -0.15) is 5.10 Å². The smallest absolute Gasteiger partial charge is 0.146 e. The molecule has 1 atom stereocenters. The van der Waals surface area contributed by atoms with Gasteiger partial charge in [-0.25, -0.2) is 9.97 Å². The van der Waals surface area contributed by atoms with Gasteiger partial charge in [0, 0.05) is 17.9 Å². The van der Waals surface area contributed by atoms with Gasteiger partial charge in [0.2, 0.25) is 0 Å². The van der Waals surface area contributed by atoms with Crippen molar-refractivity contribution in [2.24, 2.45) is 0 Å². The van der Waals surface area contributed by atoms with Crippen molar-refractivity contribution < 1.29 is 0 Å². The maximum Gasteiger partial charge on any atom is 0.146 e. The second-order valence-corrected chi connectivity index (χ2v) is 6.07. The first-order chi connectivity index (χ1) is 10.1. The number of hydrogen-bond acceptors (Lipinski definition) is 4. The molecule has 0 bridgehead atoms. The molecule has 0 spiro atoms. The van der Waals surface area contributed by atoms with Crippen molar-refractivity contribution in [2.45, 2.75) is 52.1 Å². The van der Waals surface area contributed by atoms with Crippen molar-refractivity contribution in [3.8, 4) is 11.4 Å². The highest BCUT2D eigenvalue weighted by Crippen LogP contribution is 2.31. The van der Waals surface area contributed by atoms with Crippen molar-refractivity contribution in [1.82, 2.24) is 25.1 Å². The minimum atomic E-state index is 0.334. The molecule has 2 aromatic heterocycles. The average Bonchev–Trinajstić information content (AvgIpc) is 3.01. The molecular formula is C16H23N5. The maximum atomic E-state index is 4.81. The van der Waals surface area contributed by atoms with E-state index in [1.807, 2.05) is 19.1 Å². The van der Waals surface area contributed by atoms with Gasteiger partial charge >= 0.3 is 0 Å². The van der Waals surface area contributed by atoms with Gasteiger partial charge in [0.25, 0.3) is 0 Å². The number of aryl methyl sites for hydroxylation is 1. The molecule has 0 saturated carbocycles. The van der Waals surface area contributed by atoms with Crippen LogP contribution in [0.4, 0.5) is 0 Å². The number of aromatic amines is 1. The zero-order valence-electron chi connectivity index (χ0n) is 13.0. The molecule has 0 radical (unpaired) electrons. The summed E-state index contributed by atoms with van der Waals surface area (Å²) in [4.78, 5) is 12.0. The molecule has 1 N–H and O–H groups in total. The van der Waals surface area contributed by atoms with Crippen LogP contribution in [0.1, 0.15) is 50.7 Å². The molecule has 112 valence electrons. The van der Waals surface area contributed by atoms with Gasteiger partial charge in [-0.05, 0) is 52.3 Å². The Kier molecular flexibility index (Phi) is 4.01. The lowest BCUT2D eigenvalue weighted by Gasteiger charge is -2.37. The summed E-state index contributed by atoms with van der Waals surface area (Å²) in [5.74, 6) is 0.952. The van der Waals surface area contributed by atoms with E-state index in [2.05, 4.69) is 28.9 Å². The Morgan fingerprint density at radius 3 is 2.86 bits per heavy atom. The number of nitrogens with zero attached hydrogens (tertiary/aromatic N) is 4.